The van der Waals surface area contributed by atoms with Gasteiger partial charge in [0.05, 0.1) is 33.2 Å². The molecule has 0 N–H and O–H groups in total. The van der Waals surface area contributed by atoms with Crippen LogP contribution in [0.2, 0.25) is 5.02 Å². The summed E-state index contributed by atoms with van der Waals surface area (Å²) < 4.78 is 8.11. The molecule has 0 unspecified atom stereocenters. The summed E-state index contributed by atoms with van der Waals surface area (Å²) >= 11 is 13.1. The Kier molecular flexibility index (Phi) is 4.49. The summed E-state index contributed by atoms with van der Waals surface area (Å²) in [5.74, 6) is 1.03. The Bertz CT molecular complexity index is 986. The Labute approximate surface area is 154 Å². The molecule has 0 saturated heterocycles. The number of nitrogens with zero attached hydrogens (tertiary/aromatic N) is 2. The second-order valence-corrected chi connectivity index (χ2v) is 6.91. The summed E-state index contributed by atoms with van der Waals surface area (Å²) in [4.78, 5) is 17.5. The average Bonchev–Trinajstić information content (AvgIpc) is 2.50. The van der Waals surface area contributed by atoms with Crippen LogP contribution in [0.5, 0.6) is 5.75 Å². The molecule has 0 radical (unpaired) electrons. The van der Waals surface area contributed by atoms with Crippen LogP contribution < -0.4 is 10.3 Å². The van der Waals surface area contributed by atoms with Crippen molar-refractivity contribution in [2.75, 3.05) is 7.11 Å². The second kappa shape index (κ2) is 6.26. The molecule has 0 amide bonds. The Hall–Kier alpha value is -1.37. The third kappa shape index (κ3) is 2.69. The molecule has 1 heterocycles. The van der Waals surface area contributed by atoms with Gasteiger partial charge in [0.1, 0.15) is 5.82 Å². The minimum atomic E-state index is -0.154. The number of ether oxygens (including phenoxy) is 1. The molecule has 2 aromatic carbocycles. The summed E-state index contributed by atoms with van der Waals surface area (Å²) in [5, 5.41) is 0.986. The Morgan fingerprint density at radius 3 is 2.65 bits per heavy atom. The van der Waals surface area contributed by atoms with Gasteiger partial charge in [-0.2, -0.15) is 0 Å². The topological polar surface area (TPSA) is 44.1 Å². The monoisotopic (exact) mass is 456 g/mol. The fourth-order valence-electron chi connectivity index (χ4n) is 2.46. The third-order valence-corrected chi connectivity index (χ3v) is 5.10. The van der Waals surface area contributed by atoms with Crippen LogP contribution in [0, 0.1) is 6.92 Å². The Morgan fingerprint density at radius 2 is 1.96 bits per heavy atom. The number of rotatable bonds is 2. The number of aryl methyl sites for hydroxylation is 1. The third-order valence-electron chi connectivity index (χ3n) is 3.47. The van der Waals surface area contributed by atoms with Crippen LogP contribution in [0.4, 0.5) is 0 Å². The van der Waals surface area contributed by atoms with E-state index in [0.29, 0.717) is 42.1 Å². The van der Waals surface area contributed by atoms with E-state index in [4.69, 9.17) is 16.3 Å². The lowest BCUT2D eigenvalue weighted by Crippen LogP contribution is -2.23. The predicted molar refractivity (Wildman–Crippen MR) is 99.0 cm³/mol. The van der Waals surface area contributed by atoms with Crippen molar-refractivity contribution in [3.8, 4) is 11.4 Å². The molecule has 4 nitrogen and oxygen atoms in total. The Morgan fingerprint density at radius 1 is 1.26 bits per heavy atom. The van der Waals surface area contributed by atoms with E-state index in [1.54, 1.807) is 19.1 Å². The van der Waals surface area contributed by atoms with Crippen molar-refractivity contribution in [1.29, 1.82) is 0 Å². The van der Waals surface area contributed by atoms with E-state index < -0.39 is 0 Å². The van der Waals surface area contributed by atoms with Crippen LogP contribution in [0.1, 0.15) is 5.82 Å². The van der Waals surface area contributed by atoms with Gasteiger partial charge < -0.3 is 4.74 Å². The summed E-state index contributed by atoms with van der Waals surface area (Å²) in [7, 11) is 1.53. The van der Waals surface area contributed by atoms with Gasteiger partial charge in [0.25, 0.3) is 5.56 Å². The molecule has 0 fully saturated rings. The van der Waals surface area contributed by atoms with Crippen LogP contribution in [0.15, 0.2) is 44.1 Å². The number of fused-ring (bicyclic) bond motifs is 1. The summed E-state index contributed by atoms with van der Waals surface area (Å²) in [6, 6.07) is 8.95. The van der Waals surface area contributed by atoms with Crippen LogP contribution in [0.25, 0.3) is 16.6 Å². The summed E-state index contributed by atoms with van der Waals surface area (Å²) in [5.41, 5.74) is 1.12. The van der Waals surface area contributed by atoms with E-state index in [2.05, 4.69) is 36.8 Å². The summed E-state index contributed by atoms with van der Waals surface area (Å²) in [6.07, 6.45) is 0. The zero-order valence-corrected chi connectivity index (χ0v) is 16.2. The molecular weight excluding hydrogens is 447 g/mol. The number of aromatic nitrogens is 2. The molecule has 3 aromatic rings. The SMILES string of the molecule is COc1c(Cl)cc(Br)c(-n2c(C)nc3ccccc3c2=O)c1Br. The fourth-order valence-corrected chi connectivity index (χ4v) is 4.63. The first kappa shape index (κ1) is 16.5. The molecule has 23 heavy (non-hydrogen) atoms. The fraction of sp³-hybridized carbons (Fsp3) is 0.125. The van der Waals surface area contributed by atoms with Gasteiger partial charge in [-0.25, -0.2) is 4.98 Å². The van der Waals surface area contributed by atoms with E-state index in [0.717, 1.165) is 0 Å². The lowest BCUT2D eigenvalue weighted by atomic mass is 10.2. The maximum absolute atomic E-state index is 12.9. The van der Waals surface area contributed by atoms with Crippen molar-refractivity contribution in [2.24, 2.45) is 0 Å². The lowest BCUT2D eigenvalue weighted by molar-refractivity contribution is 0.412. The molecule has 0 aliphatic heterocycles. The van der Waals surface area contributed by atoms with E-state index in [1.807, 2.05) is 18.2 Å². The minimum absolute atomic E-state index is 0.154. The number of halogens is 3. The van der Waals surface area contributed by atoms with Crippen LogP contribution in [-0.4, -0.2) is 16.7 Å². The Balaban J connectivity index is 2.45. The van der Waals surface area contributed by atoms with E-state index in [1.165, 1.54) is 11.7 Å². The number of benzene rings is 2. The molecule has 3 rings (SSSR count). The summed E-state index contributed by atoms with van der Waals surface area (Å²) in [6.45, 7) is 1.79. The number of hydrogen-bond donors (Lipinski definition) is 0. The predicted octanol–water partition coefficient (Wildman–Crippen LogP) is 4.88. The maximum atomic E-state index is 12.9. The van der Waals surface area contributed by atoms with Crippen LogP contribution in [0.3, 0.4) is 0 Å². The number of hydrogen-bond acceptors (Lipinski definition) is 3. The molecule has 0 bridgehead atoms. The van der Waals surface area contributed by atoms with E-state index >= 15 is 0 Å². The maximum Gasteiger partial charge on any atom is 0.266 e. The van der Waals surface area contributed by atoms with Crippen molar-refractivity contribution >= 4 is 54.4 Å². The normalized spacial score (nSPS) is 11.0. The van der Waals surface area contributed by atoms with Crippen molar-refractivity contribution in [1.82, 2.24) is 9.55 Å². The largest absolute Gasteiger partial charge is 0.494 e. The van der Waals surface area contributed by atoms with Crippen molar-refractivity contribution < 1.29 is 4.74 Å². The van der Waals surface area contributed by atoms with Crippen LogP contribution >= 0.6 is 43.5 Å². The number of para-hydroxylation sites is 1. The lowest BCUT2D eigenvalue weighted by Gasteiger charge is -2.17. The van der Waals surface area contributed by atoms with Gasteiger partial charge in [-0.05, 0) is 57.0 Å². The molecule has 0 atom stereocenters. The highest BCUT2D eigenvalue weighted by Crippen LogP contribution is 2.41. The molecule has 0 saturated carbocycles. The molecule has 0 spiro atoms. The van der Waals surface area contributed by atoms with Crippen LogP contribution in [-0.2, 0) is 0 Å². The van der Waals surface area contributed by atoms with Gasteiger partial charge in [0, 0.05) is 4.47 Å². The van der Waals surface area contributed by atoms with Gasteiger partial charge in [-0.15, -0.1) is 0 Å². The quantitative estimate of drug-likeness (QED) is 0.550. The van der Waals surface area contributed by atoms with Gasteiger partial charge >= 0.3 is 0 Å². The zero-order chi connectivity index (χ0) is 16.7. The number of methoxy groups -OCH3 is 1. The van der Waals surface area contributed by atoms with Gasteiger partial charge in [-0.1, -0.05) is 23.7 Å². The molecule has 0 aliphatic carbocycles. The molecule has 118 valence electrons. The molecule has 7 heteroatoms. The highest BCUT2D eigenvalue weighted by Gasteiger charge is 2.20. The standard InChI is InChI=1S/C16H11Br2ClN2O2/c1-8-20-12-6-4-3-5-9(12)16(22)21(8)14-10(17)7-11(19)15(23-2)13(14)18/h3-7H,1-2H3. The van der Waals surface area contributed by atoms with Gasteiger partial charge in [-0.3, -0.25) is 9.36 Å². The highest BCUT2D eigenvalue weighted by atomic mass is 79.9. The van der Waals surface area contributed by atoms with E-state index in [-0.39, 0.29) is 5.56 Å². The first-order valence-corrected chi connectivity index (χ1v) is 8.62. The zero-order valence-electron chi connectivity index (χ0n) is 12.2. The first-order chi connectivity index (χ1) is 11.0. The van der Waals surface area contributed by atoms with Gasteiger partial charge in [0.2, 0.25) is 0 Å². The molecular formula is C16H11Br2ClN2O2. The van der Waals surface area contributed by atoms with Crippen molar-refractivity contribution in [2.45, 2.75) is 6.92 Å². The molecule has 1 aromatic heterocycles. The first-order valence-electron chi connectivity index (χ1n) is 6.66. The minimum Gasteiger partial charge on any atom is -0.494 e. The molecule has 0 aliphatic rings. The van der Waals surface area contributed by atoms with Crippen molar-refractivity contribution in [3.05, 3.63) is 60.5 Å². The van der Waals surface area contributed by atoms with Crippen molar-refractivity contribution in [3.63, 3.8) is 0 Å². The second-order valence-electron chi connectivity index (χ2n) is 4.85. The van der Waals surface area contributed by atoms with E-state index in [9.17, 15) is 4.79 Å². The smallest absolute Gasteiger partial charge is 0.266 e. The highest BCUT2D eigenvalue weighted by molar-refractivity contribution is 9.11. The van der Waals surface area contributed by atoms with Gasteiger partial charge in [0.15, 0.2) is 5.75 Å². The average molecular weight is 459 g/mol.